The van der Waals surface area contributed by atoms with Crippen molar-refractivity contribution >= 4 is 41.7 Å². The fourth-order valence-electron chi connectivity index (χ4n) is 1.68. The second kappa shape index (κ2) is 7.89. The Kier molecular flexibility index (Phi) is 6.86. The van der Waals surface area contributed by atoms with Gasteiger partial charge in [-0.2, -0.15) is 0 Å². The molecule has 100 valence electrons. The lowest BCUT2D eigenvalue weighted by molar-refractivity contribution is -0.128. The molecule has 3 nitrogen and oxygen atoms in total. The SMILES string of the molecule is Cl.O=C(CSc1ccc(Cl)cc1)N1CCNCC1. The molecule has 0 saturated carbocycles. The summed E-state index contributed by atoms with van der Waals surface area (Å²) in [6, 6.07) is 7.58. The van der Waals surface area contributed by atoms with E-state index in [1.54, 1.807) is 11.8 Å². The molecule has 1 amide bonds. The molecule has 0 aliphatic carbocycles. The van der Waals surface area contributed by atoms with Gasteiger partial charge in [0.05, 0.1) is 5.75 Å². The van der Waals surface area contributed by atoms with Crippen molar-refractivity contribution < 1.29 is 4.79 Å². The van der Waals surface area contributed by atoms with Crippen molar-refractivity contribution in [3.05, 3.63) is 29.3 Å². The fraction of sp³-hybridized carbons (Fsp3) is 0.417. The molecule has 1 heterocycles. The molecule has 1 aromatic rings. The van der Waals surface area contributed by atoms with E-state index in [1.807, 2.05) is 29.2 Å². The minimum Gasteiger partial charge on any atom is -0.339 e. The van der Waals surface area contributed by atoms with Crippen LogP contribution in [0.3, 0.4) is 0 Å². The Morgan fingerprint density at radius 3 is 2.50 bits per heavy atom. The van der Waals surface area contributed by atoms with Crippen LogP contribution in [0.1, 0.15) is 0 Å². The van der Waals surface area contributed by atoms with Gasteiger partial charge in [0.2, 0.25) is 5.91 Å². The van der Waals surface area contributed by atoms with E-state index in [0.717, 1.165) is 36.1 Å². The van der Waals surface area contributed by atoms with E-state index in [4.69, 9.17) is 11.6 Å². The summed E-state index contributed by atoms with van der Waals surface area (Å²) in [5, 5.41) is 3.96. The first kappa shape index (κ1) is 15.6. The van der Waals surface area contributed by atoms with Crippen LogP contribution in [0.4, 0.5) is 0 Å². The maximum Gasteiger partial charge on any atom is 0.233 e. The number of thioether (sulfide) groups is 1. The van der Waals surface area contributed by atoms with Gasteiger partial charge in [-0.1, -0.05) is 11.6 Å². The maximum absolute atomic E-state index is 11.9. The van der Waals surface area contributed by atoms with Crippen LogP contribution in [0.2, 0.25) is 5.02 Å². The minimum absolute atomic E-state index is 0. The normalized spacial score (nSPS) is 15.1. The van der Waals surface area contributed by atoms with Gasteiger partial charge in [-0.15, -0.1) is 24.2 Å². The van der Waals surface area contributed by atoms with Crippen molar-refractivity contribution in [1.82, 2.24) is 10.2 Å². The minimum atomic E-state index is 0. The first-order chi connectivity index (χ1) is 8.25. The quantitative estimate of drug-likeness (QED) is 0.870. The van der Waals surface area contributed by atoms with E-state index in [-0.39, 0.29) is 18.3 Å². The van der Waals surface area contributed by atoms with Crippen molar-refractivity contribution in [2.24, 2.45) is 0 Å². The van der Waals surface area contributed by atoms with Crippen molar-refractivity contribution in [2.45, 2.75) is 4.90 Å². The van der Waals surface area contributed by atoms with E-state index >= 15 is 0 Å². The molecule has 18 heavy (non-hydrogen) atoms. The molecule has 1 aliphatic rings. The molecule has 1 saturated heterocycles. The van der Waals surface area contributed by atoms with Gasteiger partial charge >= 0.3 is 0 Å². The molecule has 0 bridgehead atoms. The van der Waals surface area contributed by atoms with Crippen LogP contribution in [0, 0.1) is 0 Å². The smallest absolute Gasteiger partial charge is 0.233 e. The molecule has 0 unspecified atom stereocenters. The van der Waals surface area contributed by atoms with Gasteiger partial charge in [0.15, 0.2) is 0 Å². The second-order valence-electron chi connectivity index (χ2n) is 3.87. The Labute approximate surface area is 123 Å². The molecule has 0 spiro atoms. The van der Waals surface area contributed by atoms with Crippen molar-refractivity contribution in [3.8, 4) is 0 Å². The van der Waals surface area contributed by atoms with E-state index in [2.05, 4.69) is 5.32 Å². The van der Waals surface area contributed by atoms with Gasteiger partial charge in [0, 0.05) is 36.1 Å². The molecule has 2 rings (SSSR count). The number of rotatable bonds is 3. The second-order valence-corrected chi connectivity index (χ2v) is 5.36. The van der Waals surface area contributed by atoms with Crippen LogP contribution < -0.4 is 5.32 Å². The molecule has 0 atom stereocenters. The van der Waals surface area contributed by atoms with Crippen LogP contribution in [0.5, 0.6) is 0 Å². The standard InChI is InChI=1S/C12H15ClN2OS.ClH/c13-10-1-3-11(4-2-10)17-9-12(16)15-7-5-14-6-8-15;/h1-4,14H,5-9H2;1H. The molecular weight excluding hydrogens is 291 g/mol. The van der Waals surface area contributed by atoms with E-state index in [1.165, 1.54) is 0 Å². The number of hydrogen-bond acceptors (Lipinski definition) is 3. The number of benzene rings is 1. The van der Waals surface area contributed by atoms with E-state index in [9.17, 15) is 4.79 Å². The summed E-state index contributed by atoms with van der Waals surface area (Å²) in [4.78, 5) is 14.9. The van der Waals surface area contributed by atoms with Gasteiger partial charge in [-0.25, -0.2) is 0 Å². The zero-order chi connectivity index (χ0) is 12.1. The topological polar surface area (TPSA) is 32.3 Å². The Bertz CT molecular complexity index is 380. The summed E-state index contributed by atoms with van der Waals surface area (Å²) in [7, 11) is 0. The van der Waals surface area contributed by atoms with Gasteiger partial charge in [-0.05, 0) is 24.3 Å². The lowest BCUT2D eigenvalue weighted by Crippen LogP contribution is -2.47. The van der Waals surface area contributed by atoms with Crippen molar-refractivity contribution in [3.63, 3.8) is 0 Å². The van der Waals surface area contributed by atoms with E-state index in [0.29, 0.717) is 5.75 Å². The Hall–Kier alpha value is -0.420. The van der Waals surface area contributed by atoms with Crippen molar-refractivity contribution in [2.75, 3.05) is 31.9 Å². The number of amides is 1. The third kappa shape index (κ3) is 4.69. The Morgan fingerprint density at radius 2 is 1.89 bits per heavy atom. The largest absolute Gasteiger partial charge is 0.339 e. The molecule has 6 heteroatoms. The highest BCUT2D eigenvalue weighted by molar-refractivity contribution is 8.00. The number of piperazine rings is 1. The van der Waals surface area contributed by atoms with Gasteiger partial charge in [0.25, 0.3) is 0 Å². The molecular formula is C12H16Cl2N2OS. The molecule has 0 aromatic heterocycles. The Morgan fingerprint density at radius 1 is 1.28 bits per heavy atom. The average molecular weight is 307 g/mol. The van der Waals surface area contributed by atoms with Gasteiger partial charge < -0.3 is 10.2 Å². The van der Waals surface area contributed by atoms with Crippen LogP contribution in [-0.2, 0) is 4.79 Å². The predicted octanol–water partition coefficient (Wildman–Crippen LogP) is 2.29. The lowest BCUT2D eigenvalue weighted by atomic mass is 10.3. The summed E-state index contributed by atoms with van der Waals surface area (Å²) in [5.41, 5.74) is 0. The highest BCUT2D eigenvalue weighted by Crippen LogP contribution is 2.20. The molecule has 1 fully saturated rings. The number of nitrogens with zero attached hydrogens (tertiary/aromatic N) is 1. The zero-order valence-electron chi connectivity index (χ0n) is 9.89. The maximum atomic E-state index is 11.9. The first-order valence-electron chi connectivity index (χ1n) is 5.62. The van der Waals surface area contributed by atoms with Crippen LogP contribution in [-0.4, -0.2) is 42.7 Å². The predicted molar refractivity (Wildman–Crippen MR) is 78.9 cm³/mol. The average Bonchev–Trinajstić information content (AvgIpc) is 2.39. The number of halogens is 2. The highest BCUT2D eigenvalue weighted by Gasteiger charge is 2.15. The van der Waals surface area contributed by atoms with Crippen LogP contribution in [0.25, 0.3) is 0 Å². The lowest BCUT2D eigenvalue weighted by Gasteiger charge is -2.27. The Balaban J connectivity index is 0.00000162. The fourth-order valence-corrected chi connectivity index (χ4v) is 2.61. The number of carbonyl (C=O) groups excluding carboxylic acids is 1. The summed E-state index contributed by atoms with van der Waals surface area (Å²) in [5.74, 6) is 0.716. The zero-order valence-corrected chi connectivity index (χ0v) is 12.3. The van der Waals surface area contributed by atoms with Crippen molar-refractivity contribution in [1.29, 1.82) is 0 Å². The number of hydrogen-bond donors (Lipinski definition) is 1. The molecule has 1 aliphatic heterocycles. The summed E-state index contributed by atoms with van der Waals surface area (Å²) < 4.78 is 0. The molecule has 0 radical (unpaired) electrons. The van der Waals surface area contributed by atoms with Crippen LogP contribution in [0.15, 0.2) is 29.2 Å². The van der Waals surface area contributed by atoms with E-state index < -0.39 is 0 Å². The monoisotopic (exact) mass is 306 g/mol. The molecule has 1 N–H and O–H groups in total. The summed E-state index contributed by atoms with van der Waals surface area (Å²) in [6.07, 6.45) is 0. The number of carbonyl (C=O) groups is 1. The van der Waals surface area contributed by atoms with Gasteiger partial charge in [0.1, 0.15) is 0 Å². The molecule has 1 aromatic carbocycles. The van der Waals surface area contributed by atoms with Gasteiger partial charge in [-0.3, -0.25) is 4.79 Å². The third-order valence-corrected chi connectivity index (χ3v) is 3.89. The summed E-state index contributed by atoms with van der Waals surface area (Å²) >= 11 is 7.37. The highest BCUT2D eigenvalue weighted by atomic mass is 35.5. The summed E-state index contributed by atoms with van der Waals surface area (Å²) in [6.45, 7) is 3.44. The number of nitrogens with one attached hydrogen (secondary N) is 1. The first-order valence-corrected chi connectivity index (χ1v) is 6.99. The van der Waals surface area contributed by atoms with Crippen LogP contribution >= 0.6 is 35.8 Å². The third-order valence-electron chi connectivity index (χ3n) is 2.65.